The highest BCUT2D eigenvalue weighted by Gasteiger charge is 2.19. The SMILES string of the molecule is c1cc2nc(C3CCCCC3)sc2cc1N1CCNCC1. The number of fused-ring (bicyclic) bond motifs is 1. The molecule has 0 atom stereocenters. The van der Waals surface area contributed by atoms with Crippen LogP contribution in [-0.4, -0.2) is 31.2 Å². The van der Waals surface area contributed by atoms with Crippen LogP contribution in [0.25, 0.3) is 10.2 Å². The van der Waals surface area contributed by atoms with Crippen molar-refractivity contribution < 1.29 is 0 Å². The predicted octanol–water partition coefficient (Wildman–Crippen LogP) is 3.75. The molecular formula is C17H23N3S. The van der Waals surface area contributed by atoms with E-state index in [0.29, 0.717) is 0 Å². The lowest BCUT2D eigenvalue weighted by Gasteiger charge is -2.29. The monoisotopic (exact) mass is 301 g/mol. The van der Waals surface area contributed by atoms with Crippen molar-refractivity contribution in [3.63, 3.8) is 0 Å². The molecule has 3 nitrogen and oxygen atoms in total. The molecule has 4 heteroatoms. The van der Waals surface area contributed by atoms with E-state index in [1.807, 2.05) is 11.3 Å². The van der Waals surface area contributed by atoms with Crippen LogP contribution in [-0.2, 0) is 0 Å². The number of thiazole rings is 1. The zero-order chi connectivity index (χ0) is 14.1. The number of hydrogen-bond acceptors (Lipinski definition) is 4. The lowest BCUT2D eigenvalue weighted by Crippen LogP contribution is -2.43. The summed E-state index contributed by atoms with van der Waals surface area (Å²) in [6, 6.07) is 6.82. The first-order valence-electron chi connectivity index (χ1n) is 8.26. The molecule has 2 aromatic rings. The van der Waals surface area contributed by atoms with Crippen LogP contribution in [0.3, 0.4) is 0 Å². The summed E-state index contributed by atoms with van der Waals surface area (Å²) < 4.78 is 1.37. The van der Waals surface area contributed by atoms with Crippen LogP contribution in [0.15, 0.2) is 18.2 Å². The van der Waals surface area contributed by atoms with Crippen molar-refractivity contribution in [3.05, 3.63) is 23.2 Å². The molecule has 4 rings (SSSR count). The van der Waals surface area contributed by atoms with E-state index in [2.05, 4.69) is 28.4 Å². The number of nitrogens with one attached hydrogen (secondary N) is 1. The molecule has 1 saturated carbocycles. The zero-order valence-electron chi connectivity index (χ0n) is 12.5. The Bertz CT molecular complexity index is 594. The maximum Gasteiger partial charge on any atom is 0.0969 e. The summed E-state index contributed by atoms with van der Waals surface area (Å²) in [5.74, 6) is 0.721. The van der Waals surface area contributed by atoms with Gasteiger partial charge >= 0.3 is 0 Å². The van der Waals surface area contributed by atoms with Crippen LogP contribution in [0.5, 0.6) is 0 Å². The summed E-state index contributed by atoms with van der Waals surface area (Å²) in [5.41, 5.74) is 2.56. The highest BCUT2D eigenvalue weighted by atomic mass is 32.1. The van der Waals surface area contributed by atoms with Crippen LogP contribution in [0.1, 0.15) is 43.0 Å². The third-order valence-electron chi connectivity index (χ3n) is 4.83. The topological polar surface area (TPSA) is 28.2 Å². The van der Waals surface area contributed by atoms with Crippen LogP contribution in [0.4, 0.5) is 5.69 Å². The first-order valence-corrected chi connectivity index (χ1v) is 9.08. The lowest BCUT2D eigenvalue weighted by molar-refractivity contribution is 0.443. The molecule has 1 aromatic carbocycles. The lowest BCUT2D eigenvalue weighted by atomic mass is 9.90. The molecule has 0 bridgehead atoms. The molecular weight excluding hydrogens is 278 g/mol. The van der Waals surface area contributed by atoms with E-state index in [0.717, 1.165) is 32.1 Å². The van der Waals surface area contributed by atoms with Crippen molar-refractivity contribution in [2.45, 2.75) is 38.0 Å². The van der Waals surface area contributed by atoms with E-state index in [-0.39, 0.29) is 0 Å². The Balaban J connectivity index is 1.61. The molecule has 1 aromatic heterocycles. The van der Waals surface area contributed by atoms with Crippen molar-refractivity contribution in [1.29, 1.82) is 0 Å². The second kappa shape index (κ2) is 5.93. The van der Waals surface area contributed by atoms with Crippen molar-refractivity contribution in [2.75, 3.05) is 31.1 Å². The summed E-state index contributed by atoms with van der Waals surface area (Å²) in [6.45, 7) is 4.40. The van der Waals surface area contributed by atoms with Gasteiger partial charge in [0.05, 0.1) is 15.2 Å². The third kappa shape index (κ3) is 2.79. The zero-order valence-corrected chi connectivity index (χ0v) is 13.3. The van der Waals surface area contributed by atoms with E-state index in [9.17, 15) is 0 Å². The quantitative estimate of drug-likeness (QED) is 0.915. The van der Waals surface area contributed by atoms with Crippen LogP contribution in [0.2, 0.25) is 0 Å². The molecule has 2 aliphatic rings. The molecule has 112 valence electrons. The molecule has 1 aliphatic carbocycles. The number of nitrogens with zero attached hydrogens (tertiary/aromatic N) is 2. The minimum absolute atomic E-state index is 0.721. The Hall–Kier alpha value is -1.13. The number of piperazine rings is 1. The molecule has 1 N–H and O–H groups in total. The van der Waals surface area contributed by atoms with E-state index in [1.54, 1.807) is 0 Å². The van der Waals surface area contributed by atoms with Gasteiger partial charge in [0, 0.05) is 37.8 Å². The van der Waals surface area contributed by atoms with Gasteiger partial charge in [0.2, 0.25) is 0 Å². The molecule has 0 spiro atoms. The summed E-state index contributed by atoms with van der Waals surface area (Å²) in [6.07, 6.45) is 6.85. The molecule has 0 radical (unpaired) electrons. The van der Waals surface area contributed by atoms with Crippen molar-refractivity contribution in [2.24, 2.45) is 0 Å². The number of benzene rings is 1. The van der Waals surface area contributed by atoms with Gasteiger partial charge in [-0.05, 0) is 31.0 Å². The summed E-state index contributed by atoms with van der Waals surface area (Å²) in [4.78, 5) is 7.39. The van der Waals surface area contributed by atoms with Gasteiger partial charge in [0.1, 0.15) is 0 Å². The Morgan fingerprint density at radius 2 is 1.90 bits per heavy atom. The number of rotatable bonds is 2. The fourth-order valence-corrected chi connectivity index (χ4v) is 4.74. The molecule has 2 fully saturated rings. The van der Waals surface area contributed by atoms with E-state index < -0.39 is 0 Å². The number of anilines is 1. The fraction of sp³-hybridized carbons (Fsp3) is 0.588. The van der Waals surface area contributed by atoms with Gasteiger partial charge in [-0.25, -0.2) is 4.98 Å². The van der Waals surface area contributed by atoms with Crippen LogP contribution >= 0.6 is 11.3 Å². The highest BCUT2D eigenvalue weighted by Crippen LogP contribution is 2.37. The molecule has 21 heavy (non-hydrogen) atoms. The molecule has 1 aliphatic heterocycles. The van der Waals surface area contributed by atoms with Gasteiger partial charge in [0.25, 0.3) is 0 Å². The largest absolute Gasteiger partial charge is 0.369 e. The van der Waals surface area contributed by atoms with Crippen molar-refractivity contribution in [3.8, 4) is 0 Å². The van der Waals surface area contributed by atoms with Crippen LogP contribution in [0, 0.1) is 0 Å². The number of aromatic nitrogens is 1. The minimum atomic E-state index is 0.721. The normalized spacial score (nSPS) is 21.0. The van der Waals surface area contributed by atoms with E-state index >= 15 is 0 Å². The first-order chi connectivity index (χ1) is 10.4. The van der Waals surface area contributed by atoms with E-state index in [4.69, 9.17) is 4.98 Å². The fourth-order valence-electron chi connectivity index (χ4n) is 3.58. The van der Waals surface area contributed by atoms with Gasteiger partial charge in [0.15, 0.2) is 0 Å². The Kier molecular flexibility index (Phi) is 3.82. The molecule has 2 heterocycles. The smallest absolute Gasteiger partial charge is 0.0969 e. The molecule has 0 unspecified atom stereocenters. The minimum Gasteiger partial charge on any atom is -0.369 e. The second-order valence-electron chi connectivity index (χ2n) is 6.28. The maximum atomic E-state index is 4.91. The Labute approximate surface area is 130 Å². The van der Waals surface area contributed by atoms with Gasteiger partial charge in [-0.3, -0.25) is 0 Å². The van der Waals surface area contributed by atoms with Gasteiger partial charge in [-0.15, -0.1) is 11.3 Å². The van der Waals surface area contributed by atoms with Gasteiger partial charge in [-0.2, -0.15) is 0 Å². The average Bonchev–Trinajstić information content (AvgIpc) is 2.99. The van der Waals surface area contributed by atoms with Gasteiger partial charge in [-0.1, -0.05) is 19.3 Å². The van der Waals surface area contributed by atoms with Crippen LogP contribution < -0.4 is 10.2 Å². The summed E-state index contributed by atoms with van der Waals surface area (Å²) in [7, 11) is 0. The van der Waals surface area contributed by atoms with Crippen molar-refractivity contribution in [1.82, 2.24) is 10.3 Å². The Morgan fingerprint density at radius 1 is 1.10 bits per heavy atom. The second-order valence-corrected chi connectivity index (χ2v) is 7.34. The highest BCUT2D eigenvalue weighted by molar-refractivity contribution is 7.18. The predicted molar refractivity (Wildman–Crippen MR) is 90.5 cm³/mol. The summed E-state index contributed by atoms with van der Waals surface area (Å²) >= 11 is 1.93. The maximum absolute atomic E-state index is 4.91. The first kappa shape index (κ1) is 13.5. The van der Waals surface area contributed by atoms with E-state index in [1.165, 1.54) is 53.0 Å². The third-order valence-corrected chi connectivity index (χ3v) is 6.01. The average molecular weight is 301 g/mol. The standard InChI is InChI=1S/C17H23N3S/c1-2-4-13(5-3-1)17-19-15-7-6-14(12-16(15)21-17)20-10-8-18-9-11-20/h6-7,12-13,18H,1-5,8-11H2. The van der Waals surface area contributed by atoms with Gasteiger partial charge < -0.3 is 10.2 Å². The number of hydrogen-bond donors (Lipinski definition) is 1. The molecule has 1 saturated heterocycles. The summed E-state index contributed by atoms with van der Waals surface area (Å²) in [5, 5.41) is 4.79. The molecule has 0 amide bonds. The Morgan fingerprint density at radius 3 is 2.71 bits per heavy atom. The van der Waals surface area contributed by atoms with Crippen molar-refractivity contribution >= 4 is 27.2 Å².